The van der Waals surface area contributed by atoms with Gasteiger partial charge in [0.05, 0.1) is 29.3 Å². The van der Waals surface area contributed by atoms with Crippen molar-refractivity contribution in [3.05, 3.63) is 78.1 Å². The number of anilines is 1. The fourth-order valence-corrected chi connectivity index (χ4v) is 3.43. The number of halogens is 3. The van der Waals surface area contributed by atoms with E-state index in [4.69, 9.17) is 0 Å². The maximum atomic E-state index is 12.9. The Morgan fingerprint density at radius 3 is 2.28 bits per heavy atom. The largest absolute Gasteiger partial charge is 0.416 e. The summed E-state index contributed by atoms with van der Waals surface area (Å²) in [5.41, 5.74) is 0.412. The average molecular weight is 443 g/mol. The van der Waals surface area contributed by atoms with Gasteiger partial charge in [-0.3, -0.25) is 4.79 Å². The Kier molecular flexibility index (Phi) is 5.85. The van der Waals surface area contributed by atoms with Crippen LogP contribution in [0, 0.1) is 0 Å². The van der Waals surface area contributed by atoms with Crippen LogP contribution in [0.2, 0.25) is 0 Å². The van der Waals surface area contributed by atoms with Crippen molar-refractivity contribution in [1.82, 2.24) is 19.6 Å². The van der Waals surface area contributed by atoms with Crippen LogP contribution < -0.4 is 5.32 Å². The second-order valence-electron chi connectivity index (χ2n) is 7.30. The second kappa shape index (κ2) is 8.74. The number of carbonyl (C=O) groups is 2. The zero-order valence-electron chi connectivity index (χ0n) is 16.9. The van der Waals surface area contributed by atoms with Gasteiger partial charge in [-0.25, -0.2) is 9.48 Å². The third-order valence-corrected chi connectivity index (χ3v) is 5.15. The van der Waals surface area contributed by atoms with Crippen LogP contribution >= 0.6 is 0 Å². The van der Waals surface area contributed by atoms with E-state index in [0.29, 0.717) is 37.4 Å². The molecular weight excluding hydrogens is 423 g/mol. The number of nitrogens with one attached hydrogen (secondary N) is 1. The van der Waals surface area contributed by atoms with Crippen molar-refractivity contribution in [2.45, 2.75) is 6.18 Å². The van der Waals surface area contributed by atoms with Crippen LogP contribution in [0.15, 0.2) is 67.0 Å². The molecule has 166 valence electrons. The number of piperazine rings is 1. The fourth-order valence-electron chi connectivity index (χ4n) is 3.43. The lowest BCUT2D eigenvalue weighted by Gasteiger charge is -2.34. The number of urea groups is 1. The number of hydrogen-bond acceptors (Lipinski definition) is 3. The van der Waals surface area contributed by atoms with Gasteiger partial charge in [0.15, 0.2) is 0 Å². The van der Waals surface area contributed by atoms with Gasteiger partial charge < -0.3 is 15.1 Å². The zero-order chi connectivity index (χ0) is 22.7. The van der Waals surface area contributed by atoms with E-state index in [0.717, 1.165) is 12.1 Å². The smallest absolute Gasteiger partial charge is 0.335 e. The number of amides is 3. The summed E-state index contributed by atoms with van der Waals surface area (Å²) in [6, 6.07) is 13.4. The Morgan fingerprint density at radius 1 is 0.906 bits per heavy atom. The summed E-state index contributed by atoms with van der Waals surface area (Å²) in [7, 11) is 0. The molecule has 32 heavy (non-hydrogen) atoms. The summed E-state index contributed by atoms with van der Waals surface area (Å²) in [5, 5.41) is 6.74. The Bertz CT molecular complexity index is 1110. The third kappa shape index (κ3) is 4.74. The summed E-state index contributed by atoms with van der Waals surface area (Å²) < 4.78 is 40.0. The molecule has 2 aromatic carbocycles. The minimum absolute atomic E-state index is 0.0759. The van der Waals surface area contributed by atoms with Crippen molar-refractivity contribution in [2.75, 3.05) is 31.5 Å². The summed E-state index contributed by atoms with van der Waals surface area (Å²) in [5.74, 6) is -0.0759. The first-order valence-electron chi connectivity index (χ1n) is 9.94. The molecule has 1 saturated heterocycles. The lowest BCUT2D eigenvalue weighted by atomic mass is 10.2. The van der Waals surface area contributed by atoms with Crippen LogP contribution in [0.1, 0.15) is 15.9 Å². The highest BCUT2D eigenvalue weighted by atomic mass is 19.4. The summed E-state index contributed by atoms with van der Waals surface area (Å²) in [6.07, 6.45) is -1.64. The average Bonchev–Trinajstić information content (AvgIpc) is 3.27. The molecule has 1 N–H and O–H groups in total. The van der Waals surface area contributed by atoms with Gasteiger partial charge in [-0.1, -0.05) is 24.3 Å². The van der Waals surface area contributed by atoms with E-state index in [1.807, 2.05) is 6.07 Å². The predicted molar refractivity (Wildman–Crippen MR) is 112 cm³/mol. The van der Waals surface area contributed by atoms with E-state index in [-0.39, 0.29) is 17.6 Å². The van der Waals surface area contributed by atoms with Crippen molar-refractivity contribution < 1.29 is 22.8 Å². The number of carbonyl (C=O) groups excluding carboxylic acids is 2. The van der Waals surface area contributed by atoms with E-state index in [9.17, 15) is 22.8 Å². The fraction of sp³-hybridized carbons (Fsp3) is 0.227. The van der Waals surface area contributed by atoms with Crippen LogP contribution in [-0.2, 0) is 6.18 Å². The van der Waals surface area contributed by atoms with Crippen LogP contribution in [0.3, 0.4) is 0 Å². The first-order valence-corrected chi connectivity index (χ1v) is 9.94. The van der Waals surface area contributed by atoms with E-state index in [1.54, 1.807) is 34.1 Å². The van der Waals surface area contributed by atoms with E-state index in [2.05, 4.69) is 10.4 Å². The number of hydrogen-bond donors (Lipinski definition) is 1. The highest BCUT2D eigenvalue weighted by Gasteiger charge is 2.30. The minimum atomic E-state index is -4.45. The van der Waals surface area contributed by atoms with Gasteiger partial charge in [-0.15, -0.1) is 0 Å². The standard InChI is InChI=1S/C22H20F3N5O2/c23-22(24,25)17-7-4-8-19(13-17)30-15-18(14-26-30)27-21(32)29-11-9-28(10-12-29)20(31)16-5-2-1-3-6-16/h1-8,13-15H,9-12H2,(H,27,32). The van der Waals surface area contributed by atoms with Crippen molar-refractivity contribution in [3.63, 3.8) is 0 Å². The van der Waals surface area contributed by atoms with Gasteiger partial charge in [0.2, 0.25) is 0 Å². The molecule has 0 aliphatic carbocycles. The summed E-state index contributed by atoms with van der Waals surface area (Å²) in [6.45, 7) is 1.55. The Labute approximate surface area is 182 Å². The molecule has 0 radical (unpaired) electrons. The molecule has 0 atom stereocenters. The normalized spacial score (nSPS) is 14.3. The summed E-state index contributed by atoms with van der Waals surface area (Å²) >= 11 is 0. The Hall–Kier alpha value is -3.82. The third-order valence-electron chi connectivity index (χ3n) is 5.15. The number of rotatable bonds is 3. The number of benzene rings is 2. The number of nitrogens with zero attached hydrogens (tertiary/aromatic N) is 4. The molecule has 1 aliphatic rings. The second-order valence-corrected chi connectivity index (χ2v) is 7.30. The predicted octanol–water partition coefficient (Wildman–Crippen LogP) is 3.88. The first kappa shape index (κ1) is 21.4. The SMILES string of the molecule is O=C(Nc1cnn(-c2cccc(C(F)(F)F)c2)c1)N1CCN(C(=O)c2ccccc2)CC1. The number of alkyl halides is 3. The molecule has 10 heteroatoms. The van der Waals surface area contributed by atoms with Crippen molar-refractivity contribution in [1.29, 1.82) is 0 Å². The first-order chi connectivity index (χ1) is 15.3. The summed E-state index contributed by atoms with van der Waals surface area (Å²) in [4.78, 5) is 28.4. The van der Waals surface area contributed by atoms with Gasteiger partial charge in [-0.05, 0) is 30.3 Å². The molecule has 3 aromatic rings. The number of aromatic nitrogens is 2. The molecule has 0 unspecified atom stereocenters. The topological polar surface area (TPSA) is 70.5 Å². The van der Waals surface area contributed by atoms with E-state index >= 15 is 0 Å². The van der Waals surface area contributed by atoms with E-state index in [1.165, 1.54) is 29.2 Å². The Morgan fingerprint density at radius 2 is 1.59 bits per heavy atom. The van der Waals surface area contributed by atoms with Gasteiger partial charge >= 0.3 is 12.2 Å². The van der Waals surface area contributed by atoms with Gasteiger partial charge in [0, 0.05) is 31.7 Å². The monoisotopic (exact) mass is 443 g/mol. The van der Waals surface area contributed by atoms with E-state index < -0.39 is 11.7 Å². The Balaban J connectivity index is 1.35. The highest BCUT2D eigenvalue weighted by Crippen LogP contribution is 2.30. The van der Waals surface area contributed by atoms with Gasteiger partial charge in [0.25, 0.3) is 5.91 Å². The lowest BCUT2D eigenvalue weighted by molar-refractivity contribution is -0.137. The van der Waals surface area contributed by atoms with Crippen molar-refractivity contribution >= 4 is 17.6 Å². The van der Waals surface area contributed by atoms with Crippen molar-refractivity contribution in [2.24, 2.45) is 0 Å². The van der Waals surface area contributed by atoms with Crippen molar-refractivity contribution in [3.8, 4) is 5.69 Å². The van der Waals surface area contributed by atoms with Gasteiger partial charge in [-0.2, -0.15) is 18.3 Å². The highest BCUT2D eigenvalue weighted by molar-refractivity contribution is 5.94. The van der Waals surface area contributed by atoms with Crippen LogP contribution in [0.5, 0.6) is 0 Å². The molecule has 2 heterocycles. The molecule has 7 nitrogen and oxygen atoms in total. The molecule has 1 aliphatic heterocycles. The van der Waals surface area contributed by atoms with Crippen LogP contribution in [0.25, 0.3) is 5.69 Å². The molecule has 3 amide bonds. The molecule has 1 aromatic heterocycles. The lowest BCUT2D eigenvalue weighted by Crippen LogP contribution is -2.51. The molecular formula is C22H20F3N5O2. The van der Waals surface area contributed by atoms with Crippen LogP contribution in [0.4, 0.5) is 23.7 Å². The molecule has 0 saturated carbocycles. The maximum Gasteiger partial charge on any atom is 0.416 e. The van der Waals surface area contributed by atoms with Gasteiger partial charge in [0.1, 0.15) is 0 Å². The molecule has 0 spiro atoms. The molecule has 4 rings (SSSR count). The molecule has 1 fully saturated rings. The maximum absolute atomic E-state index is 12.9. The minimum Gasteiger partial charge on any atom is -0.335 e. The zero-order valence-corrected chi connectivity index (χ0v) is 16.9. The quantitative estimate of drug-likeness (QED) is 0.668. The molecule has 0 bridgehead atoms. The van der Waals surface area contributed by atoms with Crippen LogP contribution in [-0.4, -0.2) is 57.7 Å².